The van der Waals surface area contributed by atoms with Crippen molar-refractivity contribution in [2.75, 3.05) is 0 Å². The van der Waals surface area contributed by atoms with Crippen molar-refractivity contribution in [1.29, 1.82) is 5.26 Å². The minimum atomic E-state index is -0.341. The van der Waals surface area contributed by atoms with E-state index in [1.54, 1.807) is 12.1 Å². The summed E-state index contributed by atoms with van der Waals surface area (Å²) < 4.78 is 6.76. The molecule has 1 aliphatic rings. The fraction of sp³-hybridized carbons (Fsp3) is 0.273. The Morgan fingerprint density at radius 3 is 2.75 bits per heavy atom. The second-order valence-corrected chi connectivity index (χ2v) is 8.01. The fourth-order valence-electron chi connectivity index (χ4n) is 3.17. The zero-order valence-electron chi connectivity index (χ0n) is 15.3. The second-order valence-electron chi connectivity index (χ2n) is 6.69. The van der Waals surface area contributed by atoms with Gasteiger partial charge < -0.3 is 10.1 Å². The van der Waals surface area contributed by atoms with Gasteiger partial charge in [-0.1, -0.05) is 58.6 Å². The van der Waals surface area contributed by atoms with Crippen LogP contribution in [0.25, 0.3) is 6.08 Å². The predicted octanol–water partition coefficient (Wildman–Crippen LogP) is 5.65. The number of benzene rings is 2. The number of hydrogen-bond donors (Lipinski definition) is 1. The molecule has 6 heteroatoms. The summed E-state index contributed by atoms with van der Waals surface area (Å²) in [7, 11) is 0. The molecule has 1 aliphatic carbocycles. The average Bonchev–Trinajstić information content (AvgIpc) is 3.19. The standard InChI is InChI=1S/C22H20BrClN2O2/c23-18-9-10-21(28-14-15-5-1-4-8-20(15)24)16(12-18)11-17(13-25)22(27)26-19-6-2-3-7-19/h1,4-5,8-12,19H,2-3,6-7,14H2,(H,26,27)/b17-11+. The van der Waals surface area contributed by atoms with Crippen molar-refractivity contribution in [3.63, 3.8) is 0 Å². The fourth-order valence-corrected chi connectivity index (χ4v) is 3.74. The summed E-state index contributed by atoms with van der Waals surface area (Å²) in [6, 6.07) is 15.1. The minimum absolute atomic E-state index is 0.0626. The molecule has 2 aromatic carbocycles. The van der Waals surface area contributed by atoms with Crippen LogP contribution in [0.1, 0.15) is 36.8 Å². The summed E-state index contributed by atoms with van der Waals surface area (Å²) >= 11 is 9.62. The highest BCUT2D eigenvalue weighted by Crippen LogP contribution is 2.27. The Hall–Kier alpha value is -2.29. The Balaban J connectivity index is 1.80. The number of rotatable bonds is 6. The maximum atomic E-state index is 12.5. The number of carbonyl (C=O) groups is 1. The number of nitrogens with zero attached hydrogens (tertiary/aromatic N) is 1. The van der Waals surface area contributed by atoms with Gasteiger partial charge in [-0.2, -0.15) is 5.26 Å². The summed E-state index contributed by atoms with van der Waals surface area (Å²) in [5.74, 6) is 0.232. The molecule has 144 valence electrons. The van der Waals surface area contributed by atoms with Crippen LogP contribution in [0.3, 0.4) is 0 Å². The van der Waals surface area contributed by atoms with Crippen molar-refractivity contribution in [3.05, 3.63) is 68.7 Å². The topological polar surface area (TPSA) is 62.1 Å². The van der Waals surface area contributed by atoms with E-state index in [2.05, 4.69) is 21.2 Å². The molecular formula is C22H20BrClN2O2. The molecule has 0 saturated heterocycles. The van der Waals surface area contributed by atoms with E-state index in [1.807, 2.05) is 42.5 Å². The number of nitrogens with one attached hydrogen (secondary N) is 1. The highest BCUT2D eigenvalue weighted by atomic mass is 79.9. The number of ether oxygens (including phenoxy) is 1. The molecule has 2 aromatic rings. The number of nitriles is 1. The number of carbonyl (C=O) groups excluding carboxylic acids is 1. The van der Waals surface area contributed by atoms with Gasteiger partial charge in [-0.05, 0) is 43.2 Å². The summed E-state index contributed by atoms with van der Waals surface area (Å²) in [5.41, 5.74) is 1.58. The first-order chi connectivity index (χ1) is 13.6. The van der Waals surface area contributed by atoms with Crippen LogP contribution >= 0.6 is 27.5 Å². The largest absolute Gasteiger partial charge is 0.488 e. The number of hydrogen-bond acceptors (Lipinski definition) is 3. The van der Waals surface area contributed by atoms with Crippen LogP contribution in [0.5, 0.6) is 5.75 Å². The number of amides is 1. The van der Waals surface area contributed by atoms with Crippen LogP contribution in [-0.2, 0) is 11.4 Å². The van der Waals surface area contributed by atoms with Gasteiger partial charge in [0.1, 0.15) is 24.0 Å². The Kier molecular flexibility index (Phi) is 7.13. The van der Waals surface area contributed by atoms with Crippen LogP contribution in [0, 0.1) is 11.3 Å². The first kappa shape index (κ1) is 20.4. The van der Waals surface area contributed by atoms with Crippen LogP contribution in [0.15, 0.2) is 52.5 Å². The summed E-state index contributed by atoms with van der Waals surface area (Å²) in [6.45, 7) is 0.290. The molecule has 0 atom stereocenters. The Morgan fingerprint density at radius 1 is 1.29 bits per heavy atom. The predicted molar refractivity (Wildman–Crippen MR) is 114 cm³/mol. The lowest BCUT2D eigenvalue weighted by Gasteiger charge is -2.13. The number of halogens is 2. The van der Waals surface area contributed by atoms with E-state index in [0.717, 1.165) is 35.7 Å². The summed E-state index contributed by atoms with van der Waals surface area (Å²) in [6.07, 6.45) is 5.72. The monoisotopic (exact) mass is 458 g/mol. The second kappa shape index (κ2) is 9.77. The third kappa shape index (κ3) is 5.37. The van der Waals surface area contributed by atoms with Gasteiger partial charge in [0.05, 0.1) is 0 Å². The average molecular weight is 460 g/mol. The van der Waals surface area contributed by atoms with Crippen molar-refractivity contribution in [1.82, 2.24) is 5.32 Å². The molecular weight excluding hydrogens is 440 g/mol. The molecule has 0 bridgehead atoms. The van der Waals surface area contributed by atoms with Gasteiger partial charge in [-0.25, -0.2) is 0 Å². The molecule has 1 amide bonds. The van der Waals surface area contributed by atoms with Crippen LogP contribution < -0.4 is 10.1 Å². The van der Waals surface area contributed by atoms with Crippen molar-refractivity contribution in [2.45, 2.75) is 38.3 Å². The van der Waals surface area contributed by atoms with E-state index >= 15 is 0 Å². The Bertz CT molecular complexity index is 930. The minimum Gasteiger partial charge on any atom is -0.488 e. The molecule has 0 heterocycles. The van der Waals surface area contributed by atoms with E-state index in [9.17, 15) is 10.1 Å². The van der Waals surface area contributed by atoms with Crippen molar-refractivity contribution < 1.29 is 9.53 Å². The third-order valence-electron chi connectivity index (χ3n) is 4.67. The first-order valence-electron chi connectivity index (χ1n) is 9.15. The van der Waals surface area contributed by atoms with Gasteiger partial charge in [0.2, 0.25) is 0 Å². The zero-order valence-corrected chi connectivity index (χ0v) is 17.6. The maximum Gasteiger partial charge on any atom is 0.262 e. The van der Waals surface area contributed by atoms with E-state index in [1.165, 1.54) is 0 Å². The molecule has 3 rings (SSSR count). The lowest BCUT2D eigenvalue weighted by Crippen LogP contribution is -2.33. The highest BCUT2D eigenvalue weighted by Gasteiger charge is 2.19. The molecule has 0 aliphatic heterocycles. The van der Waals surface area contributed by atoms with Crippen molar-refractivity contribution in [2.24, 2.45) is 0 Å². The molecule has 1 N–H and O–H groups in total. The molecule has 0 radical (unpaired) electrons. The van der Waals surface area contributed by atoms with E-state index in [-0.39, 0.29) is 24.1 Å². The summed E-state index contributed by atoms with van der Waals surface area (Å²) in [5, 5.41) is 13.1. The van der Waals surface area contributed by atoms with Gasteiger partial charge in [0.15, 0.2) is 0 Å². The molecule has 0 aromatic heterocycles. The quantitative estimate of drug-likeness (QED) is 0.449. The van der Waals surface area contributed by atoms with Gasteiger partial charge >= 0.3 is 0 Å². The smallest absolute Gasteiger partial charge is 0.262 e. The van der Waals surface area contributed by atoms with Gasteiger partial charge in [-0.15, -0.1) is 0 Å². The van der Waals surface area contributed by atoms with E-state index in [4.69, 9.17) is 16.3 Å². The SMILES string of the molecule is N#C/C(=C\c1cc(Br)ccc1OCc1ccccc1Cl)C(=O)NC1CCCC1. The molecule has 28 heavy (non-hydrogen) atoms. The highest BCUT2D eigenvalue weighted by molar-refractivity contribution is 9.10. The molecule has 1 saturated carbocycles. The molecule has 0 spiro atoms. The van der Waals surface area contributed by atoms with Crippen LogP contribution in [-0.4, -0.2) is 11.9 Å². The zero-order chi connectivity index (χ0) is 19.9. The normalized spacial score (nSPS) is 14.5. The summed E-state index contributed by atoms with van der Waals surface area (Å²) in [4.78, 5) is 12.5. The maximum absolute atomic E-state index is 12.5. The van der Waals surface area contributed by atoms with Gasteiger partial charge in [0, 0.05) is 26.7 Å². The first-order valence-corrected chi connectivity index (χ1v) is 10.3. The van der Waals surface area contributed by atoms with Crippen molar-refractivity contribution >= 4 is 39.5 Å². The van der Waals surface area contributed by atoms with Gasteiger partial charge in [-0.3, -0.25) is 4.79 Å². The van der Waals surface area contributed by atoms with E-state index in [0.29, 0.717) is 16.3 Å². The van der Waals surface area contributed by atoms with Crippen LogP contribution in [0.4, 0.5) is 0 Å². The van der Waals surface area contributed by atoms with Crippen LogP contribution in [0.2, 0.25) is 5.02 Å². The Morgan fingerprint density at radius 2 is 2.04 bits per heavy atom. The molecule has 4 nitrogen and oxygen atoms in total. The lowest BCUT2D eigenvalue weighted by atomic mass is 10.1. The lowest BCUT2D eigenvalue weighted by molar-refractivity contribution is -0.117. The Labute approximate surface area is 178 Å². The molecule has 0 unspecified atom stereocenters. The van der Waals surface area contributed by atoms with E-state index < -0.39 is 0 Å². The van der Waals surface area contributed by atoms with Gasteiger partial charge in [0.25, 0.3) is 5.91 Å². The molecule has 1 fully saturated rings. The third-order valence-corrected chi connectivity index (χ3v) is 5.53. The van der Waals surface area contributed by atoms with Crippen molar-refractivity contribution in [3.8, 4) is 11.8 Å².